The lowest BCUT2D eigenvalue weighted by molar-refractivity contribution is 0.696. The van der Waals surface area contributed by atoms with Crippen LogP contribution in [-0.4, -0.2) is 0 Å². The predicted octanol–water partition coefficient (Wildman–Crippen LogP) is 4.55. The Morgan fingerprint density at radius 1 is 0.650 bits per heavy atom. The van der Waals surface area contributed by atoms with Crippen LogP contribution in [0.4, 0.5) is 0 Å². The summed E-state index contributed by atoms with van der Waals surface area (Å²) < 4.78 is 0. The molecule has 0 saturated carbocycles. The minimum Gasteiger partial charge on any atom is -0.309 e. The van der Waals surface area contributed by atoms with E-state index < -0.39 is 0 Å². The largest absolute Gasteiger partial charge is 0.309 e. The van der Waals surface area contributed by atoms with E-state index in [-0.39, 0.29) is 12.4 Å². The Balaban J connectivity index is 0.00000147. The van der Waals surface area contributed by atoms with Gasteiger partial charge in [-0.15, -0.1) is 12.4 Å². The van der Waals surface area contributed by atoms with E-state index in [0.717, 1.165) is 13.1 Å². The molecule has 3 rings (SSSR count). The summed E-state index contributed by atoms with van der Waals surface area (Å²) in [7, 11) is 0. The molecule has 0 spiro atoms. The first-order valence-electron chi connectivity index (χ1n) is 6.65. The fourth-order valence-electron chi connectivity index (χ4n) is 2.38. The van der Waals surface area contributed by atoms with Gasteiger partial charge in [-0.1, -0.05) is 72.8 Å². The molecule has 0 fully saturated rings. The zero-order valence-corrected chi connectivity index (χ0v) is 12.1. The highest BCUT2D eigenvalue weighted by molar-refractivity contribution is 5.85. The van der Waals surface area contributed by atoms with E-state index in [9.17, 15) is 0 Å². The van der Waals surface area contributed by atoms with Gasteiger partial charge in [0, 0.05) is 13.1 Å². The van der Waals surface area contributed by atoms with E-state index in [1.165, 1.54) is 21.9 Å². The van der Waals surface area contributed by atoms with Gasteiger partial charge in [-0.05, 0) is 21.9 Å². The molecular formula is C18H18ClN. The van der Waals surface area contributed by atoms with Gasteiger partial charge in [0.2, 0.25) is 0 Å². The fraction of sp³-hybridized carbons (Fsp3) is 0.111. The number of nitrogens with one attached hydrogen (secondary N) is 1. The normalized spacial score (nSPS) is 10.2. The van der Waals surface area contributed by atoms with Crippen molar-refractivity contribution in [1.29, 1.82) is 0 Å². The van der Waals surface area contributed by atoms with Crippen molar-refractivity contribution in [3.63, 3.8) is 0 Å². The summed E-state index contributed by atoms with van der Waals surface area (Å²) in [5.41, 5.74) is 2.68. The van der Waals surface area contributed by atoms with Gasteiger partial charge in [-0.3, -0.25) is 0 Å². The van der Waals surface area contributed by atoms with Gasteiger partial charge in [0.15, 0.2) is 0 Å². The van der Waals surface area contributed by atoms with Crippen LogP contribution < -0.4 is 5.32 Å². The summed E-state index contributed by atoms with van der Waals surface area (Å²) in [6.07, 6.45) is 0. The van der Waals surface area contributed by atoms with E-state index in [2.05, 4.69) is 72.0 Å². The Bertz CT molecular complexity index is 659. The predicted molar refractivity (Wildman–Crippen MR) is 88.2 cm³/mol. The zero-order chi connectivity index (χ0) is 12.9. The topological polar surface area (TPSA) is 12.0 Å². The van der Waals surface area contributed by atoms with Gasteiger partial charge in [0.25, 0.3) is 0 Å². The maximum atomic E-state index is 3.51. The van der Waals surface area contributed by atoms with Crippen molar-refractivity contribution >= 4 is 23.2 Å². The van der Waals surface area contributed by atoms with Crippen LogP contribution in [0.15, 0.2) is 72.8 Å². The molecule has 20 heavy (non-hydrogen) atoms. The van der Waals surface area contributed by atoms with Crippen LogP contribution in [0, 0.1) is 0 Å². The monoisotopic (exact) mass is 283 g/mol. The van der Waals surface area contributed by atoms with Crippen molar-refractivity contribution in [3.8, 4) is 0 Å². The van der Waals surface area contributed by atoms with Gasteiger partial charge < -0.3 is 5.32 Å². The number of hydrogen-bond acceptors (Lipinski definition) is 1. The minimum absolute atomic E-state index is 0. The number of rotatable bonds is 4. The van der Waals surface area contributed by atoms with E-state index in [4.69, 9.17) is 0 Å². The van der Waals surface area contributed by atoms with Crippen LogP contribution in [0.25, 0.3) is 10.8 Å². The van der Waals surface area contributed by atoms with Gasteiger partial charge in [0.05, 0.1) is 0 Å². The molecule has 0 radical (unpaired) electrons. The van der Waals surface area contributed by atoms with Crippen LogP contribution in [-0.2, 0) is 13.1 Å². The van der Waals surface area contributed by atoms with Crippen molar-refractivity contribution in [3.05, 3.63) is 83.9 Å². The van der Waals surface area contributed by atoms with E-state index in [1.54, 1.807) is 0 Å². The molecule has 1 nitrogen and oxygen atoms in total. The molecule has 0 heterocycles. The summed E-state index contributed by atoms with van der Waals surface area (Å²) in [5.74, 6) is 0. The van der Waals surface area contributed by atoms with E-state index in [0.29, 0.717) is 0 Å². The van der Waals surface area contributed by atoms with Crippen LogP contribution in [0.1, 0.15) is 11.1 Å². The van der Waals surface area contributed by atoms with E-state index in [1.807, 2.05) is 6.07 Å². The van der Waals surface area contributed by atoms with E-state index >= 15 is 0 Å². The fourth-order valence-corrected chi connectivity index (χ4v) is 2.38. The molecule has 102 valence electrons. The minimum atomic E-state index is 0. The van der Waals surface area contributed by atoms with Crippen molar-refractivity contribution in [1.82, 2.24) is 5.32 Å². The summed E-state index contributed by atoms with van der Waals surface area (Å²) in [6, 6.07) is 25.5. The average Bonchev–Trinajstić information content (AvgIpc) is 2.49. The van der Waals surface area contributed by atoms with Crippen molar-refractivity contribution in [2.24, 2.45) is 0 Å². The molecule has 0 aliphatic rings. The molecule has 0 aliphatic carbocycles. The first kappa shape index (κ1) is 14.6. The van der Waals surface area contributed by atoms with Crippen LogP contribution >= 0.6 is 12.4 Å². The lowest BCUT2D eigenvalue weighted by atomic mass is 10.0. The summed E-state index contributed by atoms with van der Waals surface area (Å²) in [6.45, 7) is 1.81. The van der Waals surface area contributed by atoms with Crippen molar-refractivity contribution in [2.75, 3.05) is 0 Å². The highest BCUT2D eigenvalue weighted by atomic mass is 35.5. The first-order chi connectivity index (χ1) is 9.43. The molecule has 1 N–H and O–H groups in total. The Kier molecular flexibility index (Phi) is 5.16. The number of fused-ring (bicyclic) bond motifs is 1. The van der Waals surface area contributed by atoms with Crippen LogP contribution in [0.2, 0.25) is 0 Å². The second-order valence-corrected chi connectivity index (χ2v) is 4.73. The maximum Gasteiger partial charge on any atom is 0.0214 e. The SMILES string of the molecule is Cl.c1ccc(CNCc2cccc3ccccc23)cc1. The highest BCUT2D eigenvalue weighted by Crippen LogP contribution is 2.18. The summed E-state index contributed by atoms with van der Waals surface area (Å²) in [4.78, 5) is 0. The van der Waals surface area contributed by atoms with Crippen molar-refractivity contribution in [2.45, 2.75) is 13.1 Å². The van der Waals surface area contributed by atoms with Gasteiger partial charge in [-0.25, -0.2) is 0 Å². The zero-order valence-electron chi connectivity index (χ0n) is 11.3. The standard InChI is InChI=1S/C18H17N.ClH/c1-2-7-15(8-3-1)13-19-14-17-11-6-10-16-9-4-5-12-18(16)17;/h1-12,19H,13-14H2;1H. The molecule has 0 unspecified atom stereocenters. The third-order valence-electron chi connectivity index (χ3n) is 3.37. The lowest BCUT2D eigenvalue weighted by Crippen LogP contribution is -2.12. The number of benzene rings is 3. The smallest absolute Gasteiger partial charge is 0.0214 e. The number of hydrogen-bond donors (Lipinski definition) is 1. The molecule has 0 bridgehead atoms. The molecule has 3 aromatic rings. The Hall–Kier alpha value is -1.83. The highest BCUT2D eigenvalue weighted by Gasteiger charge is 1.99. The van der Waals surface area contributed by atoms with Crippen LogP contribution in [0.5, 0.6) is 0 Å². The molecule has 2 heteroatoms. The third kappa shape index (κ3) is 3.38. The second kappa shape index (κ2) is 7.09. The molecular weight excluding hydrogens is 266 g/mol. The Labute approximate surface area is 126 Å². The molecule has 0 aliphatic heterocycles. The Morgan fingerprint density at radius 2 is 1.35 bits per heavy atom. The van der Waals surface area contributed by atoms with Gasteiger partial charge in [-0.2, -0.15) is 0 Å². The average molecular weight is 284 g/mol. The summed E-state index contributed by atoms with van der Waals surface area (Å²) >= 11 is 0. The number of halogens is 1. The molecule has 3 aromatic carbocycles. The molecule has 0 atom stereocenters. The quantitative estimate of drug-likeness (QED) is 0.741. The lowest BCUT2D eigenvalue weighted by Gasteiger charge is -2.08. The Morgan fingerprint density at radius 3 is 2.20 bits per heavy atom. The summed E-state index contributed by atoms with van der Waals surface area (Å²) in [5, 5.41) is 6.16. The third-order valence-corrected chi connectivity index (χ3v) is 3.37. The maximum absolute atomic E-state index is 3.51. The molecule has 0 aromatic heterocycles. The second-order valence-electron chi connectivity index (χ2n) is 4.73. The van der Waals surface area contributed by atoms with Crippen molar-refractivity contribution < 1.29 is 0 Å². The van der Waals surface area contributed by atoms with Crippen LogP contribution in [0.3, 0.4) is 0 Å². The van der Waals surface area contributed by atoms with Gasteiger partial charge in [0.1, 0.15) is 0 Å². The first-order valence-corrected chi connectivity index (χ1v) is 6.65. The van der Waals surface area contributed by atoms with Gasteiger partial charge >= 0.3 is 0 Å². The molecule has 0 amide bonds. The molecule has 0 saturated heterocycles.